The van der Waals surface area contributed by atoms with E-state index < -0.39 is 40.8 Å². The first-order chi connectivity index (χ1) is 17.4. The van der Waals surface area contributed by atoms with Crippen molar-refractivity contribution in [3.8, 4) is 0 Å². The van der Waals surface area contributed by atoms with Gasteiger partial charge in [0.15, 0.2) is 10.8 Å². The first-order valence-corrected chi connectivity index (χ1v) is 12.7. The van der Waals surface area contributed by atoms with Gasteiger partial charge < -0.3 is 30.7 Å². The molecule has 2 aromatic heterocycles. The van der Waals surface area contributed by atoms with Gasteiger partial charge in [-0.05, 0) is 26.3 Å². The number of nitrogens with zero attached hydrogens (tertiary/aromatic N) is 5. The number of nitrogen functional groups attached to an aromatic ring is 1. The molecule has 4 heterocycles. The lowest BCUT2D eigenvalue weighted by atomic mass is 10.0. The number of aliphatic carboxylic acids is 2. The summed E-state index contributed by atoms with van der Waals surface area (Å²) in [6, 6.07) is -1.04. The summed E-state index contributed by atoms with van der Waals surface area (Å²) < 4.78 is 1.78. The van der Waals surface area contributed by atoms with E-state index in [-0.39, 0.29) is 28.8 Å². The Balaban J connectivity index is 1.56. The summed E-state index contributed by atoms with van der Waals surface area (Å²) in [5.74, 6) is -3.00. The Morgan fingerprint density at radius 2 is 2.08 bits per heavy atom. The third-order valence-electron chi connectivity index (χ3n) is 5.68. The average Bonchev–Trinajstić information content (AvgIpc) is 3.44. The van der Waals surface area contributed by atoms with Gasteiger partial charge in [-0.3, -0.25) is 14.5 Å². The minimum absolute atomic E-state index is 0.0326. The van der Waals surface area contributed by atoms with E-state index in [4.69, 9.17) is 10.6 Å². The number of anilines is 1. The molecule has 0 spiro atoms. The fourth-order valence-electron chi connectivity index (χ4n) is 3.59. The number of nitrogens with one attached hydrogen (secondary N) is 1. The van der Waals surface area contributed by atoms with Crippen LogP contribution in [0.4, 0.5) is 5.13 Å². The molecule has 2 aromatic rings. The summed E-state index contributed by atoms with van der Waals surface area (Å²) in [6.07, 6.45) is 3.32. The molecule has 2 aliphatic rings. The maximum absolute atomic E-state index is 13.1. The number of β-lactam (4-membered cyclic amide) rings is 1. The number of carboxylic acids is 2. The number of fused-ring (bicyclic) bond motifs is 1. The molecule has 1 saturated heterocycles. The van der Waals surface area contributed by atoms with E-state index in [1.165, 1.54) is 31.0 Å². The van der Waals surface area contributed by atoms with Crippen LogP contribution >= 0.6 is 23.1 Å². The second-order valence-electron chi connectivity index (χ2n) is 8.64. The quantitative estimate of drug-likeness (QED) is 0.190. The highest BCUT2D eigenvalue weighted by Crippen LogP contribution is 2.40. The smallest absolute Gasteiger partial charge is 0.352 e. The zero-order chi connectivity index (χ0) is 27.1. The first-order valence-electron chi connectivity index (χ1n) is 10.8. The van der Waals surface area contributed by atoms with Crippen molar-refractivity contribution in [1.29, 1.82) is 0 Å². The van der Waals surface area contributed by atoms with Crippen LogP contribution in [-0.4, -0.2) is 81.9 Å². The van der Waals surface area contributed by atoms with Crippen molar-refractivity contribution >= 4 is 57.7 Å². The van der Waals surface area contributed by atoms with Crippen molar-refractivity contribution in [3.63, 3.8) is 0 Å². The topological polar surface area (TPSA) is 202 Å². The first kappa shape index (κ1) is 26.2. The molecule has 5 N–H and O–H groups in total. The Kier molecular flexibility index (Phi) is 6.96. The van der Waals surface area contributed by atoms with Gasteiger partial charge in [-0.1, -0.05) is 5.16 Å². The molecule has 0 radical (unpaired) electrons. The van der Waals surface area contributed by atoms with Gasteiger partial charge in [-0.2, -0.15) is 0 Å². The molecule has 1 unspecified atom stereocenters. The van der Waals surface area contributed by atoms with Crippen molar-refractivity contribution in [2.45, 2.75) is 44.3 Å². The van der Waals surface area contributed by atoms with Crippen LogP contribution in [0.25, 0.3) is 0 Å². The normalized spacial score (nSPS) is 19.8. The van der Waals surface area contributed by atoms with Crippen molar-refractivity contribution in [2.75, 3.05) is 11.5 Å². The number of carboxylic acid groups (broad SMARTS) is 2. The monoisotopic (exact) mass is 549 g/mol. The van der Waals surface area contributed by atoms with Gasteiger partial charge in [0.1, 0.15) is 28.6 Å². The highest BCUT2D eigenvalue weighted by molar-refractivity contribution is 8.00. The molecule has 0 bridgehead atoms. The Bertz CT molecular complexity index is 1350. The molecule has 2 aliphatic heterocycles. The Hall–Kier alpha value is -3.92. The summed E-state index contributed by atoms with van der Waals surface area (Å²) in [7, 11) is 0. The highest BCUT2D eigenvalue weighted by Gasteiger charge is 2.54. The maximum Gasteiger partial charge on any atom is 0.352 e. The van der Waals surface area contributed by atoms with E-state index in [2.05, 4.69) is 20.4 Å². The van der Waals surface area contributed by atoms with Gasteiger partial charge in [-0.15, -0.1) is 23.1 Å². The fourth-order valence-corrected chi connectivity index (χ4v) is 5.47. The number of rotatable bonds is 9. The third kappa shape index (κ3) is 5.01. The SMILES string of the molecule is Cc1nccn1CC1=C(C(=O)O)N2C(=O)C(NC(=O)/C(=N\OC(C)(C)C(=O)O)c3csc(N)n3)[C@H]2SC1. The van der Waals surface area contributed by atoms with E-state index >= 15 is 0 Å². The van der Waals surface area contributed by atoms with Gasteiger partial charge >= 0.3 is 11.9 Å². The zero-order valence-corrected chi connectivity index (χ0v) is 21.5. The van der Waals surface area contributed by atoms with Crippen molar-refractivity contribution in [1.82, 2.24) is 24.8 Å². The predicted octanol–water partition coefficient (Wildman–Crippen LogP) is 0.253. The standard InChI is InChI=1S/C21H23N7O7S2/c1-9-23-4-5-27(9)6-10-7-36-17-13(16(30)28(17)14(10)18(31)32)25-15(29)12(11-8-37-20(22)24-11)26-35-21(2,3)19(33)34/h4-5,8,13,17H,6-7H2,1-3H3,(H2,22,24)(H,25,29)(H,31,32)(H,33,34)/b26-12-/t13?,17-/m1/s1. The Morgan fingerprint density at radius 3 is 2.65 bits per heavy atom. The van der Waals surface area contributed by atoms with E-state index in [9.17, 15) is 29.4 Å². The predicted molar refractivity (Wildman–Crippen MR) is 133 cm³/mol. The van der Waals surface area contributed by atoms with Gasteiger partial charge in [0.25, 0.3) is 11.8 Å². The van der Waals surface area contributed by atoms with Crippen LogP contribution in [0.1, 0.15) is 25.4 Å². The largest absolute Gasteiger partial charge is 0.478 e. The number of hydrogen-bond acceptors (Lipinski definition) is 11. The van der Waals surface area contributed by atoms with Crippen LogP contribution < -0.4 is 11.1 Å². The third-order valence-corrected chi connectivity index (χ3v) is 7.69. The molecule has 4 rings (SSSR count). The number of thioether (sulfide) groups is 1. The summed E-state index contributed by atoms with van der Waals surface area (Å²) >= 11 is 2.34. The summed E-state index contributed by atoms with van der Waals surface area (Å²) in [4.78, 5) is 64.0. The van der Waals surface area contributed by atoms with Crippen LogP contribution in [0.2, 0.25) is 0 Å². The lowest BCUT2D eigenvalue weighted by Gasteiger charge is -2.49. The molecule has 2 atom stereocenters. The molecule has 2 amide bonds. The van der Waals surface area contributed by atoms with Crippen LogP contribution in [0, 0.1) is 6.92 Å². The Labute approximate surface area is 218 Å². The van der Waals surface area contributed by atoms with E-state index in [1.54, 1.807) is 23.9 Å². The highest BCUT2D eigenvalue weighted by atomic mass is 32.2. The van der Waals surface area contributed by atoms with Crippen LogP contribution in [0.5, 0.6) is 0 Å². The number of imidazole rings is 1. The number of carbonyl (C=O) groups is 4. The second kappa shape index (κ2) is 9.85. The number of aromatic nitrogens is 3. The Morgan fingerprint density at radius 1 is 1.35 bits per heavy atom. The molecule has 37 heavy (non-hydrogen) atoms. The lowest BCUT2D eigenvalue weighted by Crippen LogP contribution is -2.71. The number of oxime groups is 1. The molecule has 0 aromatic carbocycles. The molecule has 14 nitrogen and oxygen atoms in total. The van der Waals surface area contributed by atoms with Crippen LogP contribution in [0.3, 0.4) is 0 Å². The maximum atomic E-state index is 13.1. The van der Waals surface area contributed by atoms with Crippen LogP contribution in [0.15, 0.2) is 34.2 Å². The van der Waals surface area contributed by atoms with Crippen molar-refractivity contribution in [3.05, 3.63) is 40.6 Å². The number of carbonyl (C=O) groups excluding carboxylic acids is 2. The zero-order valence-electron chi connectivity index (χ0n) is 19.9. The molecule has 0 saturated carbocycles. The van der Waals surface area contributed by atoms with E-state index in [1.807, 2.05) is 0 Å². The number of amides is 2. The summed E-state index contributed by atoms with van der Waals surface area (Å²) in [5.41, 5.74) is 3.99. The molecule has 1 fully saturated rings. The molecule has 196 valence electrons. The minimum atomic E-state index is -1.75. The van der Waals surface area contributed by atoms with Gasteiger partial charge in [0.05, 0.1) is 0 Å². The van der Waals surface area contributed by atoms with Crippen LogP contribution in [-0.2, 0) is 30.6 Å². The van der Waals surface area contributed by atoms with Gasteiger partial charge in [0, 0.05) is 30.1 Å². The molecule has 16 heteroatoms. The van der Waals surface area contributed by atoms with E-state index in [0.29, 0.717) is 17.2 Å². The second-order valence-corrected chi connectivity index (χ2v) is 10.6. The number of hydrogen-bond donors (Lipinski definition) is 4. The lowest BCUT2D eigenvalue weighted by molar-refractivity contribution is -0.161. The van der Waals surface area contributed by atoms with Crippen molar-refractivity contribution < 1.29 is 34.2 Å². The number of aryl methyl sites for hydroxylation is 1. The summed E-state index contributed by atoms with van der Waals surface area (Å²) in [5, 5.41) is 26.3. The van der Waals surface area contributed by atoms with Crippen molar-refractivity contribution in [2.24, 2.45) is 5.16 Å². The van der Waals surface area contributed by atoms with E-state index in [0.717, 1.165) is 16.2 Å². The minimum Gasteiger partial charge on any atom is -0.478 e. The molecule has 0 aliphatic carbocycles. The average molecular weight is 550 g/mol. The number of thiazole rings is 1. The number of nitrogens with two attached hydrogens (primary N) is 1. The molecular weight excluding hydrogens is 526 g/mol. The molecular formula is C21H23N7O7S2. The fraction of sp³-hybridized carbons (Fsp3) is 0.381. The van der Waals surface area contributed by atoms with Gasteiger partial charge in [0.2, 0.25) is 5.60 Å². The summed E-state index contributed by atoms with van der Waals surface area (Å²) in [6.45, 7) is 4.54. The van der Waals surface area contributed by atoms with Gasteiger partial charge in [-0.25, -0.2) is 19.6 Å².